The Balaban J connectivity index is 1.61. The zero-order valence-corrected chi connectivity index (χ0v) is 13.9. The Bertz CT molecular complexity index is 797. The first kappa shape index (κ1) is 16.2. The predicted octanol–water partition coefficient (Wildman–Crippen LogP) is 2.78. The number of aromatic nitrogens is 2. The summed E-state index contributed by atoms with van der Waals surface area (Å²) in [6, 6.07) is 7.96. The van der Waals surface area contributed by atoms with E-state index >= 15 is 0 Å². The number of nitro groups is 1. The smallest absolute Gasteiger partial charge is 0.312 e. The van der Waals surface area contributed by atoms with Crippen molar-refractivity contribution in [1.82, 2.24) is 9.78 Å². The number of aryl methyl sites for hydroxylation is 2. The molecule has 0 spiro atoms. The lowest BCUT2D eigenvalue weighted by molar-refractivity contribution is -0.386. The van der Waals surface area contributed by atoms with Gasteiger partial charge in [-0.3, -0.25) is 19.6 Å². The maximum atomic E-state index is 12.5. The maximum absolute atomic E-state index is 12.5. The first-order valence-corrected chi connectivity index (χ1v) is 8.05. The molecule has 24 heavy (non-hydrogen) atoms. The van der Waals surface area contributed by atoms with Crippen LogP contribution in [0.25, 0.3) is 0 Å². The highest BCUT2D eigenvalue weighted by Gasteiger charge is 2.24. The van der Waals surface area contributed by atoms with E-state index in [1.807, 2.05) is 23.1 Å². The summed E-state index contributed by atoms with van der Waals surface area (Å²) < 4.78 is 1.62. The van der Waals surface area contributed by atoms with Crippen LogP contribution in [0.5, 0.6) is 0 Å². The highest BCUT2D eigenvalue weighted by Crippen LogP contribution is 2.28. The van der Waals surface area contributed by atoms with Crippen molar-refractivity contribution in [3.8, 4) is 0 Å². The second-order valence-electron chi connectivity index (χ2n) is 6.03. The minimum atomic E-state index is -0.402. The molecule has 1 aliphatic rings. The van der Waals surface area contributed by atoms with Crippen molar-refractivity contribution in [2.45, 2.75) is 39.7 Å². The summed E-state index contributed by atoms with van der Waals surface area (Å²) in [6.45, 7) is 4.55. The third kappa shape index (κ3) is 2.89. The lowest BCUT2D eigenvalue weighted by Crippen LogP contribution is -2.28. The molecule has 0 aliphatic carbocycles. The van der Waals surface area contributed by atoms with Crippen LogP contribution < -0.4 is 4.90 Å². The molecule has 7 heteroatoms. The number of carbonyl (C=O) groups excluding carboxylic acids is 1. The zero-order valence-electron chi connectivity index (χ0n) is 13.9. The van der Waals surface area contributed by atoms with Crippen LogP contribution in [0.1, 0.15) is 29.8 Å². The van der Waals surface area contributed by atoms with Crippen molar-refractivity contribution in [3.63, 3.8) is 0 Å². The molecule has 1 aromatic carbocycles. The molecule has 1 aromatic heterocycles. The standard InChI is InChI=1S/C17H20N4O3/c1-12-17(21(23)24)13(2)20(18-12)10-5-8-16(22)19-11-9-14-6-3-4-7-15(14)19/h3-4,6-7H,5,8-11H2,1-2H3. The molecule has 0 atom stereocenters. The highest BCUT2D eigenvalue weighted by atomic mass is 16.6. The molecule has 0 unspecified atom stereocenters. The van der Waals surface area contributed by atoms with Crippen molar-refractivity contribution < 1.29 is 9.72 Å². The molecule has 2 heterocycles. The second kappa shape index (κ2) is 6.43. The minimum Gasteiger partial charge on any atom is -0.312 e. The van der Waals surface area contributed by atoms with Crippen molar-refractivity contribution in [3.05, 3.63) is 51.3 Å². The molecule has 0 bridgehead atoms. The van der Waals surface area contributed by atoms with E-state index in [2.05, 4.69) is 11.2 Å². The second-order valence-corrected chi connectivity index (χ2v) is 6.03. The number of amides is 1. The van der Waals surface area contributed by atoms with Crippen molar-refractivity contribution >= 4 is 17.3 Å². The molecular formula is C17H20N4O3. The van der Waals surface area contributed by atoms with E-state index in [9.17, 15) is 14.9 Å². The summed E-state index contributed by atoms with van der Waals surface area (Å²) in [5.41, 5.74) is 3.23. The third-order valence-corrected chi connectivity index (χ3v) is 4.47. The summed E-state index contributed by atoms with van der Waals surface area (Å²) >= 11 is 0. The van der Waals surface area contributed by atoms with Gasteiger partial charge in [-0.1, -0.05) is 18.2 Å². The van der Waals surface area contributed by atoms with Gasteiger partial charge >= 0.3 is 5.69 Å². The van der Waals surface area contributed by atoms with Gasteiger partial charge in [-0.25, -0.2) is 0 Å². The van der Waals surface area contributed by atoms with Gasteiger partial charge in [-0.05, 0) is 38.3 Å². The Morgan fingerprint density at radius 1 is 1.33 bits per heavy atom. The van der Waals surface area contributed by atoms with Gasteiger partial charge in [0, 0.05) is 25.2 Å². The van der Waals surface area contributed by atoms with Gasteiger partial charge in [0.1, 0.15) is 11.4 Å². The van der Waals surface area contributed by atoms with Crippen LogP contribution in [0.4, 0.5) is 11.4 Å². The van der Waals surface area contributed by atoms with E-state index in [1.165, 1.54) is 5.56 Å². The van der Waals surface area contributed by atoms with Gasteiger partial charge in [-0.15, -0.1) is 0 Å². The Morgan fingerprint density at radius 2 is 2.08 bits per heavy atom. The number of hydrogen-bond acceptors (Lipinski definition) is 4. The predicted molar refractivity (Wildman–Crippen MR) is 90.1 cm³/mol. The van der Waals surface area contributed by atoms with Gasteiger partial charge in [0.2, 0.25) is 5.91 Å². The van der Waals surface area contributed by atoms with Crippen molar-refractivity contribution in [1.29, 1.82) is 0 Å². The largest absolute Gasteiger partial charge is 0.312 e. The third-order valence-electron chi connectivity index (χ3n) is 4.47. The molecule has 7 nitrogen and oxygen atoms in total. The van der Waals surface area contributed by atoms with E-state index in [0.29, 0.717) is 30.8 Å². The summed E-state index contributed by atoms with van der Waals surface area (Å²) in [6.07, 6.45) is 1.91. The average Bonchev–Trinajstić information content (AvgIpc) is 3.08. The number of para-hydroxylation sites is 1. The lowest BCUT2D eigenvalue weighted by Gasteiger charge is -2.17. The van der Waals surface area contributed by atoms with Crippen LogP contribution >= 0.6 is 0 Å². The molecule has 1 aliphatic heterocycles. The molecule has 0 fully saturated rings. The Morgan fingerprint density at radius 3 is 2.79 bits per heavy atom. The molecule has 0 radical (unpaired) electrons. The minimum absolute atomic E-state index is 0.0646. The topological polar surface area (TPSA) is 81.3 Å². The van der Waals surface area contributed by atoms with E-state index in [0.717, 1.165) is 18.7 Å². The van der Waals surface area contributed by atoms with Gasteiger partial charge in [0.05, 0.1) is 4.92 Å². The first-order chi connectivity index (χ1) is 11.5. The van der Waals surface area contributed by atoms with Crippen LogP contribution in [0.15, 0.2) is 24.3 Å². The van der Waals surface area contributed by atoms with E-state index in [-0.39, 0.29) is 11.6 Å². The number of fused-ring (bicyclic) bond motifs is 1. The normalized spacial score (nSPS) is 13.2. The quantitative estimate of drug-likeness (QED) is 0.624. The summed E-state index contributed by atoms with van der Waals surface area (Å²) in [5, 5.41) is 15.2. The van der Waals surface area contributed by atoms with E-state index in [4.69, 9.17) is 0 Å². The molecule has 0 saturated carbocycles. The Labute approximate surface area is 140 Å². The Kier molecular flexibility index (Phi) is 4.33. The van der Waals surface area contributed by atoms with Gasteiger partial charge in [0.15, 0.2) is 0 Å². The van der Waals surface area contributed by atoms with Crippen LogP contribution in [-0.4, -0.2) is 27.2 Å². The summed E-state index contributed by atoms with van der Waals surface area (Å²) in [7, 11) is 0. The lowest BCUT2D eigenvalue weighted by atomic mass is 10.2. The van der Waals surface area contributed by atoms with Crippen LogP contribution in [0.3, 0.4) is 0 Å². The van der Waals surface area contributed by atoms with Gasteiger partial charge in [-0.2, -0.15) is 5.10 Å². The monoisotopic (exact) mass is 328 g/mol. The molecule has 126 valence electrons. The van der Waals surface area contributed by atoms with E-state index in [1.54, 1.807) is 18.5 Å². The number of nitrogens with zero attached hydrogens (tertiary/aromatic N) is 4. The number of carbonyl (C=O) groups is 1. The molecule has 3 rings (SSSR count). The summed E-state index contributed by atoms with van der Waals surface area (Å²) in [5.74, 6) is 0.0935. The van der Waals surface area contributed by atoms with Crippen LogP contribution in [0, 0.1) is 24.0 Å². The number of hydrogen-bond donors (Lipinski definition) is 0. The fourth-order valence-electron chi connectivity index (χ4n) is 3.28. The van der Waals surface area contributed by atoms with Crippen molar-refractivity contribution in [2.75, 3.05) is 11.4 Å². The van der Waals surface area contributed by atoms with Gasteiger partial charge < -0.3 is 4.90 Å². The van der Waals surface area contributed by atoms with Crippen LogP contribution in [0.2, 0.25) is 0 Å². The molecule has 0 saturated heterocycles. The molecule has 2 aromatic rings. The molecule has 0 N–H and O–H groups in total. The first-order valence-electron chi connectivity index (χ1n) is 8.05. The van der Waals surface area contributed by atoms with E-state index < -0.39 is 4.92 Å². The van der Waals surface area contributed by atoms with Gasteiger partial charge in [0.25, 0.3) is 0 Å². The molecular weight excluding hydrogens is 308 g/mol. The summed E-state index contributed by atoms with van der Waals surface area (Å²) in [4.78, 5) is 24.9. The fraction of sp³-hybridized carbons (Fsp3) is 0.412. The van der Waals surface area contributed by atoms with Crippen LogP contribution in [-0.2, 0) is 17.8 Å². The fourth-order valence-corrected chi connectivity index (χ4v) is 3.28. The average molecular weight is 328 g/mol. The zero-order chi connectivity index (χ0) is 17.3. The number of benzene rings is 1. The Hall–Kier alpha value is -2.70. The number of rotatable bonds is 5. The maximum Gasteiger partial charge on any atom is 0.312 e. The highest BCUT2D eigenvalue weighted by molar-refractivity contribution is 5.95. The van der Waals surface area contributed by atoms with Crippen molar-refractivity contribution in [2.24, 2.45) is 0 Å². The number of anilines is 1. The molecule has 1 amide bonds. The SMILES string of the molecule is Cc1nn(CCCC(=O)N2CCc3ccccc32)c(C)c1[N+](=O)[O-].